The average Bonchev–Trinajstić information content (AvgIpc) is 2.92. The zero-order chi connectivity index (χ0) is 29.8. The number of aromatic hydroxyl groups is 1. The van der Waals surface area contributed by atoms with E-state index in [1.807, 2.05) is 0 Å². The van der Waals surface area contributed by atoms with E-state index in [1.54, 1.807) is 19.1 Å². The molecule has 0 bridgehead atoms. The molecule has 2 heterocycles. The highest BCUT2D eigenvalue weighted by atomic mass is 16.7. The van der Waals surface area contributed by atoms with Gasteiger partial charge in [-0.1, -0.05) is 12.1 Å². The van der Waals surface area contributed by atoms with Gasteiger partial charge in [-0.2, -0.15) is 0 Å². The second-order valence-electron chi connectivity index (χ2n) is 9.71. The number of hydrogen-bond donors (Lipinski definition) is 5. The van der Waals surface area contributed by atoms with Gasteiger partial charge in [-0.25, -0.2) is 4.79 Å². The van der Waals surface area contributed by atoms with E-state index in [1.165, 1.54) is 44.4 Å². The molecule has 0 radical (unpaired) electrons. The third kappa shape index (κ3) is 6.69. The van der Waals surface area contributed by atoms with Crippen LogP contribution in [0, 0.1) is 6.92 Å². The van der Waals surface area contributed by atoms with Crippen molar-refractivity contribution in [1.82, 2.24) is 0 Å². The summed E-state index contributed by atoms with van der Waals surface area (Å²) in [6, 6.07) is 8.79. The highest BCUT2D eigenvalue weighted by molar-refractivity contribution is 5.89. The molecule has 1 aliphatic rings. The number of methoxy groups -OCH3 is 1. The molecule has 2 aromatic carbocycles. The number of phenolic OH excluding ortho intramolecular Hbond substituents is 1. The highest BCUT2D eigenvalue weighted by Gasteiger charge is 2.48. The van der Waals surface area contributed by atoms with Crippen molar-refractivity contribution in [3.63, 3.8) is 0 Å². The van der Waals surface area contributed by atoms with Gasteiger partial charge in [-0.15, -0.1) is 0 Å². The van der Waals surface area contributed by atoms with Gasteiger partial charge in [0.2, 0.25) is 12.0 Å². The minimum atomic E-state index is -1.74. The number of aliphatic hydroxyl groups is 4. The number of aryl methyl sites for hydroxylation is 1. The van der Waals surface area contributed by atoms with Gasteiger partial charge in [-0.3, -0.25) is 4.79 Å². The van der Waals surface area contributed by atoms with E-state index in [0.29, 0.717) is 11.1 Å². The predicted octanol–water partition coefficient (Wildman–Crippen LogP) is 1.18. The van der Waals surface area contributed by atoms with Gasteiger partial charge in [-0.05, 0) is 49.2 Å². The SMILES string of the molecule is COc1cc(C)c2c(=O)cc(CC(C)O)oc2c1O[C@@H]1O[C@H](CO)[C@@H](O)[C@H](O)[C@H]1OC(=O)/C=C/c1ccc(O)cc1. The fraction of sp³-hybridized carbons (Fsp3) is 0.379. The lowest BCUT2D eigenvalue weighted by atomic mass is 9.99. The number of esters is 1. The molecule has 6 atom stereocenters. The van der Waals surface area contributed by atoms with Crippen LogP contribution in [0.2, 0.25) is 0 Å². The Morgan fingerprint density at radius 1 is 1.15 bits per heavy atom. The van der Waals surface area contributed by atoms with Crippen LogP contribution in [0.3, 0.4) is 0 Å². The maximum Gasteiger partial charge on any atom is 0.331 e. The monoisotopic (exact) mass is 572 g/mol. The van der Waals surface area contributed by atoms with Crippen LogP contribution in [-0.4, -0.2) is 82.0 Å². The lowest BCUT2D eigenvalue weighted by Crippen LogP contribution is -2.61. The molecule has 0 aliphatic carbocycles. The number of benzene rings is 2. The summed E-state index contributed by atoms with van der Waals surface area (Å²) in [5.41, 5.74) is 0.652. The molecule has 220 valence electrons. The van der Waals surface area contributed by atoms with Gasteiger partial charge < -0.3 is 48.9 Å². The largest absolute Gasteiger partial charge is 0.508 e. The van der Waals surface area contributed by atoms with Crippen LogP contribution >= 0.6 is 0 Å². The second kappa shape index (κ2) is 12.7. The summed E-state index contributed by atoms with van der Waals surface area (Å²) in [6.07, 6.45) is -6.17. The number of carbonyl (C=O) groups excluding carboxylic acids is 1. The minimum Gasteiger partial charge on any atom is -0.508 e. The van der Waals surface area contributed by atoms with Crippen LogP contribution in [0.4, 0.5) is 0 Å². The lowest BCUT2D eigenvalue weighted by molar-refractivity contribution is -0.281. The summed E-state index contributed by atoms with van der Waals surface area (Å²) in [5, 5.41) is 50.5. The van der Waals surface area contributed by atoms with Crippen molar-refractivity contribution in [1.29, 1.82) is 0 Å². The first-order valence-corrected chi connectivity index (χ1v) is 12.8. The predicted molar refractivity (Wildman–Crippen MR) is 145 cm³/mol. The highest BCUT2D eigenvalue weighted by Crippen LogP contribution is 2.39. The Hall–Kier alpha value is -3.94. The quantitative estimate of drug-likeness (QED) is 0.182. The van der Waals surface area contributed by atoms with Crippen LogP contribution < -0.4 is 14.9 Å². The van der Waals surface area contributed by atoms with Crippen LogP contribution in [0.1, 0.15) is 23.8 Å². The average molecular weight is 573 g/mol. The van der Waals surface area contributed by atoms with E-state index in [0.717, 1.165) is 6.08 Å². The Balaban J connectivity index is 1.72. The van der Waals surface area contributed by atoms with Gasteiger partial charge in [0.1, 0.15) is 29.8 Å². The summed E-state index contributed by atoms with van der Waals surface area (Å²) in [6.45, 7) is 2.51. The standard InChI is InChI=1S/C29H32O12/c1-14-10-20(37-3)26(27-23(14)19(33)12-18(38-27)11-15(2)31)41-29-28(25(36)24(35)21(13-30)39-29)40-22(34)9-6-16-4-7-17(32)8-5-16/h4-10,12,15,21,24-25,28-32,35-36H,11,13H2,1-3H3/b9-6+/t15?,21-,24-,25+,28-,29+/m1/s1. The Bertz CT molecular complexity index is 1460. The van der Waals surface area contributed by atoms with Crippen molar-refractivity contribution >= 4 is 23.0 Å². The van der Waals surface area contributed by atoms with Gasteiger partial charge in [0.25, 0.3) is 0 Å². The number of rotatable bonds is 9. The third-order valence-corrected chi connectivity index (χ3v) is 6.50. The van der Waals surface area contributed by atoms with Gasteiger partial charge in [0.15, 0.2) is 22.9 Å². The molecule has 12 nitrogen and oxygen atoms in total. The summed E-state index contributed by atoms with van der Waals surface area (Å²) >= 11 is 0. The summed E-state index contributed by atoms with van der Waals surface area (Å²) in [4.78, 5) is 25.7. The number of carbonyl (C=O) groups is 1. The molecule has 1 fully saturated rings. The molecule has 1 unspecified atom stereocenters. The number of hydrogen-bond acceptors (Lipinski definition) is 12. The normalized spacial score (nSPS) is 23.4. The second-order valence-corrected chi connectivity index (χ2v) is 9.71. The van der Waals surface area contributed by atoms with Crippen molar-refractivity contribution in [2.75, 3.05) is 13.7 Å². The molecule has 1 aromatic heterocycles. The van der Waals surface area contributed by atoms with Crippen LogP contribution in [0.5, 0.6) is 17.2 Å². The molecule has 3 aromatic rings. The van der Waals surface area contributed by atoms with E-state index in [-0.39, 0.29) is 40.4 Å². The van der Waals surface area contributed by atoms with Gasteiger partial charge >= 0.3 is 5.97 Å². The van der Waals surface area contributed by atoms with Gasteiger partial charge in [0, 0.05) is 18.6 Å². The first kappa shape index (κ1) is 30.0. The minimum absolute atomic E-state index is 0.0336. The Morgan fingerprint density at radius 3 is 2.49 bits per heavy atom. The van der Waals surface area contributed by atoms with E-state index in [9.17, 15) is 35.1 Å². The van der Waals surface area contributed by atoms with Crippen molar-refractivity contribution in [3.8, 4) is 17.2 Å². The molecular formula is C29H32O12. The smallest absolute Gasteiger partial charge is 0.331 e. The fourth-order valence-electron chi connectivity index (χ4n) is 4.49. The van der Waals surface area contributed by atoms with E-state index in [4.69, 9.17) is 23.4 Å². The number of aliphatic hydroxyl groups excluding tert-OH is 4. The van der Waals surface area contributed by atoms with Crippen LogP contribution in [-0.2, 0) is 20.7 Å². The number of phenols is 1. The van der Waals surface area contributed by atoms with Gasteiger partial charge in [0.05, 0.1) is 25.2 Å². The van der Waals surface area contributed by atoms with Crippen molar-refractivity contribution in [3.05, 3.63) is 69.6 Å². The zero-order valence-corrected chi connectivity index (χ0v) is 22.6. The molecule has 4 rings (SSSR count). The molecular weight excluding hydrogens is 540 g/mol. The van der Waals surface area contributed by atoms with Crippen LogP contribution in [0.25, 0.3) is 17.0 Å². The lowest BCUT2D eigenvalue weighted by Gasteiger charge is -2.41. The zero-order valence-electron chi connectivity index (χ0n) is 22.6. The molecule has 0 amide bonds. The van der Waals surface area contributed by atoms with E-state index in [2.05, 4.69) is 0 Å². The van der Waals surface area contributed by atoms with Crippen molar-refractivity contribution in [2.45, 2.75) is 57.1 Å². The molecule has 0 saturated carbocycles. The molecule has 41 heavy (non-hydrogen) atoms. The topological polar surface area (TPSA) is 185 Å². The molecule has 1 aliphatic heterocycles. The first-order chi connectivity index (χ1) is 19.5. The van der Waals surface area contributed by atoms with E-state index < -0.39 is 54.8 Å². The number of ether oxygens (including phenoxy) is 4. The first-order valence-electron chi connectivity index (χ1n) is 12.8. The third-order valence-electron chi connectivity index (χ3n) is 6.50. The molecule has 5 N–H and O–H groups in total. The maximum absolute atomic E-state index is 13.0. The Kier molecular flexibility index (Phi) is 9.31. The summed E-state index contributed by atoms with van der Waals surface area (Å²) in [5.74, 6) is -0.698. The van der Waals surface area contributed by atoms with Crippen LogP contribution in [0.15, 0.2) is 51.7 Å². The Labute approximate surface area is 234 Å². The van der Waals surface area contributed by atoms with E-state index >= 15 is 0 Å². The molecule has 1 saturated heterocycles. The maximum atomic E-state index is 13.0. The Morgan fingerprint density at radius 2 is 1.85 bits per heavy atom. The summed E-state index contributed by atoms with van der Waals surface area (Å²) < 4.78 is 28.6. The summed E-state index contributed by atoms with van der Waals surface area (Å²) in [7, 11) is 1.35. The fourth-order valence-corrected chi connectivity index (χ4v) is 4.49. The molecule has 12 heteroatoms. The molecule has 0 spiro atoms. The van der Waals surface area contributed by atoms with Crippen molar-refractivity contribution in [2.24, 2.45) is 0 Å². The van der Waals surface area contributed by atoms with Crippen molar-refractivity contribution < 1.29 is 53.7 Å². The number of fused-ring (bicyclic) bond motifs is 1.